The highest BCUT2D eigenvalue weighted by atomic mass is 16.5. The van der Waals surface area contributed by atoms with Gasteiger partial charge in [0.25, 0.3) is 0 Å². The summed E-state index contributed by atoms with van der Waals surface area (Å²) in [5.41, 5.74) is 0.892. The fourth-order valence-corrected chi connectivity index (χ4v) is 6.26. The molecule has 0 N–H and O–H groups in total. The van der Waals surface area contributed by atoms with Crippen LogP contribution in [0.2, 0.25) is 0 Å². The fourth-order valence-electron chi connectivity index (χ4n) is 6.26. The molecular formula is C29H28O5. The molecule has 2 aliphatic carbocycles. The van der Waals surface area contributed by atoms with E-state index in [1.54, 1.807) is 13.8 Å². The lowest BCUT2D eigenvalue weighted by Crippen LogP contribution is -2.44. The largest absolute Gasteiger partial charge is 0.465 e. The molecule has 174 valence electrons. The number of carbonyl (C=O) groups excluding carboxylic acids is 3. The molecule has 2 aromatic carbocycles. The number of hydrogen-bond acceptors (Lipinski definition) is 5. The molecule has 1 aliphatic heterocycles. The average molecular weight is 457 g/mol. The van der Waals surface area contributed by atoms with Crippen LogP contribution in [0.25, 0.3) is 11.1 Å². The zero-order chi connectivity index (χ0) is 23.9. The number of ether oxygens (including phenoxy) is 2. The monoisotopic (exact) mass is 456 g/mol. The number of ketones is 1. The molecule has 5 nitrogen and oxygen atoms in total. The van der Waals surface area contributed by atoms with Crippen LogP contribution in [-0.2, 0) is 23.9 Å². The van der Waals surface area contributed by atoms with Crippen molar-refractivity contribution in [3.05, 3.63) is 83.9 Å². The Balaban J connectivity index is 1.78. The van der Waals surface area contributed by atoms with Crippen LogP contribution in [0.3, 0.4) is 0 Å². The van der Waals surface area contributed by atoms with E-state index in [0.29, 0.717) is 12.8 Å². The first-order valence-electron chi connectivity index (χ1n) is 11.8. The molecule has 0 amide bonds. The molecule has 4 atom stereocenters. The highest BCUT2D eigenvalue weighted by molar-refractivity contribution is 6.26. The lowest BCUT2D eigenvalue weighted by Gasteiger charge is -2.39. The number of Topliss-reactive ketones (excluding diaryl/α,β-unsaturated/α-hetero) is 1. The topological polar surface area (TPSA) is 69.7 Å². The summed E-state index contributed by atoms with van der Waals surface area (Å²) in [5.74, 6) is -3.08. The van der Waals surface area contributed by atoms with E-state index < -0.39 is 34.6 Å². The number of rotatable bonds is 2. The van der Waals surface area contributed by atoms with E-state index in [1.165, 1.54) is 0 Å². The van der Waals surface area contributed by atoms with Crippen molar-refractivity contribution < 1.29 is 23.9 Å². The number of benzene rings is 2. The van der Waals surface area contributed by atoms with E-state index >= 15 is 0 Å². The molecule has 4 unspecified atom stereocenters. The van der Waals surface area contributed by atoms with Crippen molar-refractivity contribution in [2.45, 2.75) is 26.7 Å². The molecule has 0 radical (unpaired) electrons. The van der Waals surface area contributed by atoms with Gasteiger partial charge in [0, 0.05) is 0 Å². The van der Waals surface area contributed by atoms with Gasteiger partial charge in [0.15, 0.2) is 5.78 Å². The molecule has 2 aromatic rings. The number of carbonyl (C=O) groups is 3. The van der Waals surface area contributed by atoms with Crippen molar-refractivity contribution in [3.63, 3.8) is 0 Å². The second-order valence-electron chi connectivity index (χ2n) is 9.55. The minimum atomic E-state index is -1.22. The van der Waals surface area contributed by atoms with E-state index in [0.717, 1.165) is 22.3 Å². The average Bonchev–Trinajstić information content (AvgIpc) is 3.14. The van der Waals surface area contributed by atoms with Crippen molar-refractivity contribution in [3.8, 4) is 0 Å². The molecule has 5 rings (SSSR count). The van der Waals surface area contributed by atoms with Crippen LogP contribution in [0.5, 0.6) is 0 Å². The summed E-state index contributed by atoms with van der Waals surface area (Å²) in [4.78, 5) is 41.4. The minimum absolute atomic E-state index is 0.130. The molecule has 0 spiro atoms. The van der Waals surface area contributed by atoms with Crippen LogP contribution in [0.4, 0.5) is 0 Å². The van der Waals surface area contributed by atoms with Gasteiger partial charge < -0.3 is 9.47 Å². The number of esters is 2. The van der Waals surface area contributed by atoms with Crippen LogP contribution in [0.15, 0.2) is 72.8 Å². The van der Waals surface area contributed by atoms with Crippen molar-refractivity contribution in [1.82, 2.24) is 0 Å². The van der Waals surface area contributed by atoms with Crippen molar-refractivity contribution >= 4 is 28.9 Å². The summed E-state index contributed by atoms with van der Waals surface area (Å²) >= 11 is 0. The highest BCUT2D eigenvalue weighted by Gasteiger charge is 2.76. The summed E-state index contributed by atoms with van der Waals surface area (Å²) in [6.45, 7) is 4.03. The Kier molecular flexibility index (Phi) is 5.51. The second-order valence-corrected chi connectivity index (χ2v) is 9.55. The van der Waals surface area contributed by atoms with Crippen molar-refractivity contribution in [2.24, 2.45) is 22.7 Å². The molecule has 3 aliphatic rings. The zero-order valence-electron chi connectivity index (χ0n) is 19.5. The van der Waals surface area contributed by atoms with E-state index in [-0.39, 0.29) is 19.0 Å². The van der Waals surface area contributed by atoms with Gasteiger partial charge in [-0.15, -0.1) is 0 Å². The Morgan fingerprint density at radius 2 is 1.03 bits per heavy atom. The standard InChI is InChI=1S/C29H28O5/c1-28-21(19-13-7-5-8-14-19)22(20-15-9-6-10-16-20)29(2,27(28)32)24-23(28)25(30)33-17-11-3-4-12-18-34-26(24)31/h3-10,13-16,23-24H,11-12,17-18H2,1-2H3/b4-3-. The van der Waals surface area contributed by atoms with Gasteiger partial charge in [-0.05, 0) is 49.0 Å². The predicted molar refractivity (Wildman–Crippen MR) is 128 cm³/mol. The Morgan fingerprint density at radius 1 is 0.647 bits per heavy atom. The first-order valence-corrected chi connectivity index (χ1v) is 11.8. The first kappa shape index (κ1) is 22.3. The summed E-state index contributed by atoms with van der Waals surface area (Å²) in [5, 5.41) is 0. The van der Waals surface area contributed by atoms with Gasteiger partial charge >= 0.3 is 11.9 Å². The lowest BCUT2D eigenvalue weighted by molar-refractivity contribution is -0.164. The van der Waals surface area contributed by atoms with Crippen LogP contribution < -0.4 is 0 Å². The molecule has 0 saturated heterocycles. The van der Waals surface area contributed by atoms with Gasteiger partial charge in [-0.2, -0.15) is 0 Å². The molecule has 1 heterocycles. The third-order valence-corrected chi connectivity index (χ3v) is 7.67. The summed E-state index contributed by atoms with van der Waals surface area (Å²) in [7, 11) is 0. The Hall–Kier alpha value is -3.47. The Labute approximate surface area is 199 Å². The molecular weight excluding hydrogens is 428 g/mol. The number of allylic oxidation sites excluding steroid dienone is 2. The van der Waals surface area contributed by atoms with Gasteiger partial charge in [-0.3, -0.25) is 14.4 Å². The second kappa shape index (κ2) is 8.39. The third-order valence-electron chi connectivity index (χ3n) is 7.67. The molecule has 1 fully saturated rings. The normalized spacial score (nSPS) is 32.4. The van der Waals surface area contributed by atoms with Gasteiger partial charge in [-0.25, -0.2) is 0 Å². The third kappa shape index (κ3) is 3.10. The number of hydrogen-bond donors (Lipinski definition) is 0. The van der Waals surface area contributed by atoms with Gasteiger partial charge in [0.1, 0.15) is 0 Å². The van der Waals surface area contributed by atoms with Gasteiger partial charge in [0.05, 0.1) is 35.9 Å². The van der Waals surface area contributed by atoms with Gasteiger partial charge in [0.2, 0.25) is 0 Å². The van der Waals surface area contributed by atoms with E-state index in [4.69, 9.17) is 9.47 Å². The predicted octanol–water partition coefficient (Wildman–Crippen LogP) is 4.88. The lowest BCUT2D eigenvalue weighted by atomic mass is 9.62. The summed E-state index contributed by atoms with van der Waals surface area (Å²) in [6.07, 6.45) is 4.99. The van der Waals surface area contributed by atoms with E-state index in [9.17, 15) is 14.4 Å². The highest BCUT2D eigenvalue weighted by Crippen LogP contribution is 2.71. The first-order chi connectivity index (χ1) is 16.4. The van der Waals surface area contributed by atoms with E-state index in [2.05, 4.69) is 0 Å². The summed E-state index contributed by atoms with van der Waals surface area (Å²) in [6, 6.07) is 19.4. The Bertz CT molecular complexity index is 1100. The van der Waals surface area contributed by atoms with Crippen molar-refractivity contribution in [1.29, 1.82) is 0 Å². The molecule has 1 saturated carbocycles. The Morgan fingerprint density at radius 3 is 1.41 bits per heavy atom. The van der Waals surface area contributed by atoms with Crippen molar-refractivity contribution in [2.75, 3.05) is 13.2 Å². The SMILES string of the molecule is CC12C(=O)C(C)(C(c3ccccc3)=C1c1ccccc1)C1C(=O)OCC/C=C\CCOC(=O)C12. The maximum atomic E-state index is 14.3. The molecule has 34 heavy (non-hydrogen) atoms. The van der Waals surface area contributed by atoms with Crippen LogP contribution >= 0.6 is 0 Å². The van der Waals surface area contributed by atoms with Crippen LogP contribution in [0, 0.1) is 22.7 Å². The fraction of sp³-hybridized carbons (Fsp3) is 0.345. The number of fused-ring (bicyclic) bond motifs is 5. The maximum Gasteiger partial charge on any atom is 0.311 e. The maximum absolute atomic E-state index is 14.3. The quantitative estimate of drug-likeness (QED) is 0.476. The van der Waals surface area contributed by atoms with Crippen LogP contribution in [-0.4, -0.2) is 30.9 Å². The smallest absolute Gasteiger partial charge is 0.311 e. The zero-order valence-corrected chi connectivity index (χ0v) is 19.5. The van der Waals surface area contributed by atoms with Gasteiger partial charge in [-0.1, -0.05) is 72.8 Å². The number of cyclic esters (lactones) is 2. The molecule has 0 aromatic heterocycles. The minimum Gasteiger partial charge on any atom is -0.465 e. The molecule has 2 bridgehead atoms. The molecule has 5 heteroatoms. The summed E-state index contributed by atoms with van der Waals surface area (Å²) < 4.78 is 11.3. The van der Waals surface area contributed by atoms with E-state index in [1.807, 2.05) is 72.8 Å². The van der Waals surface area contributed by atoms with Crippen LogP contribution in [0.1, 0.15) is 37.8 Å².